The van der Waals surface area contributed by atoms with Crippen molar-refractivity contribution in [3.63, 3.8) is 0 Å². The van der Waals surface area contributed by atoms with Crippen molar-refractivity contribution in [3.8, 4) is 0 Å². The predicted octanol–water partition coefficient (Wildman–Crippen LogP) is 2.50. The highest BCUT2D eigenvalue weighted by Crippen LogP contribution is 2.31. The normalized spacial score (nSPS) is 17.5. The molecule has 0 spiro atoms. The molecule has 12 heteroatoms. The zero-order chi connectivity index (χ0) is 25.0. The van der Waals surface area contributed by atoms with E-state index in [9.17, 15) is 22.4 Å². The van der Waals surface area contributed by atoms with E-state index in [1.807, 2.05) is 12.1 Å². The number of carbonyl (C=O) groups excluding carboxylic acids is 2. The van der Waals surface area contributed by atoms with Gasteiger partial charge in [-0.1, -0.05) is 37.5 Å². The van der Waals surface area contributed by atoms with Crippen LogP contribution in [0.3, 0.4) is 0 Å². The van der Waals surface area contributed by atoms with Crippen molar-refractivity contribution in [2.75, 3.05) is 24.5 Å². The summed E-state index contributed by atoms with van der Waals surface area (Å²) in [5.74, 6) is -1.79. The van der Waals surface area contributed by atoms with Crippen LogP contribution < -0.4 is 14.9 Å². The number of amides is 2. The molecular formula is C23H27FIN5O4S. The molecule has 2 fully saturated rings. The second-order valence-electron chi connectivity index (χ2n) is 8.62. The minimum absolute atomic E-state index is 0.0242. The Morgan fingerprint density at radius 1 is 1.17 bits per heavy atom. The third-order valence-electron chi connectivity index (χ3n) is 6.05. The fourth-order valence-corrected chi connectivity index (χ4v) is 5.93. The molecule has 35 heavy (non-hydrogen) atoms. The van der Waals surface area contributed by atoms with E-state index in [1.54, 1.807) is 12.1 Å². The summed E-state index contributed by atoms with van der Waals surface area (Å²) in [6.07, 6.45) is 7.10. The molecule has 1 aromatic heterocycles. The van der Waals surface area contributed by atoms with E-state index in [0.717, 1.165) is 52.8 Å². The van der Waals surface area contributed by atoms with Gasteiger partial charge >= 0.3 is 0 Å². The molecule has 0 bridgehead atoms. The molecule has 2 N–H and O–H groups in total. The first-order chi connectivity index (χ1) is 16.8. The molecule has 4 rings (SSSR count). The lowest BCUT2D eigenvalue weighted by Gasteiger charge is -2.33. The molecule has 1 saturated carbocycles. The maximum atomic E-state index is 14.2. The molecule has 0 radical (unpaired) electrons. The van der Waals surface area contributed by atoms with E-state index in [1.165, 1.54) is 10.5 Å². The van der Waals surface area contributed by atoms with Crippen LogP contribution >= 0.6 is 22.6 Å². The SMILES string of the molecule is O=C(NC1CCCCC1)[C@@H](c1ccccc1I)N(C(=O)CNS(=O)(=O)N1CC1)c1cncc(F)c1. The summed E-state index contributed by atoms with van der Waals surface area (Å²) in [4.78, 5) is 32.2. The number of carbonyl (C=O) groups is 2. The lowest BCUT2D eigenvalue weighted by molar-refractivity contribution is -0.127. The number of aromatic nitrogens is 1. The number of hydrogen-bond donors (Lipinski definition) is 2. The predicted molar refractivity (Wildman–Crippen MR) is 137 cm³/mol. The quantitative estimate of drug-likeness (QED) is 0.333. The molecular weight excluding hydrogens is 588 g/mol. The Balaban J connectivity index is 1.71. The molecule has 9 nitrogen and oxygen atoms in total. The van der Waals surface area contributed by atoms with Gasteiger partial charge in [0, 0.05) is 28.8 Å². The average molecular weight is 615 g/mol. The summed E-state index contributed by atoms with van der Waals surface area (Å²) in [6.45, 7) is 0.178. The van der Waals surface area contributed by atoms with Crippen LogP contribution in [0, 0.1) is 9.39 Å². The van der Waals surface area contributed by atoms with Gasteiger partial charge in [0.15, 0.2) is 0 Å². The van der Waals surface area contributed by atoms with Crippen LogP contribution in [0.2, 0.25) is 0 Å². The Hall–Kier alpha value is -2.16. The van der Waals surface area contributed by atoms with Gasteiger partial charge in [0.2, 0.25) is 11.8 Å². The van der Waals surface area contributed by atoms with E-state index in [-0.39, 0.29) is 11.7 Å². The highest BCUT2D eigenvalue weighted by atomic mass is 127. The maximum Gasteiger partial charge on any atom is 0.280 e. The fraction of sp³-hybridized carbons (Fsp3) is 0.435. The van der Waals surface area contributed by atoms with Gasteiger partial charge in [-0.3, -0.25) is 19.5 Å². The third-order valence-corrected chi connectivity index (χ3v) is 8.58. The van der Waals surface area contributed by atoms with Crippen LogP contribution in [0.15, 0.2) is 42.7 Å². The standard InChI is InChI=1S/C23H27FIN5O4S/c24-16-12-18(14-26-13-16)30(21(31)15-27-35(33,34)29-10-11-29)22(19-8-4-5-9-20(19)25)23(32)28-17-6-2-1-3-7-17/h4-5,8-9,12-14,17,22,27H,1-3,6-7,10-11,15H2,(H,28,32)/t22-/m1/s1. The van der Waals surface area contributed by atoms with Gasteiger partial charge in [0.05, 0.1) is 24.6 Å². The fourth-order valence-electron chi connectivity index (χ4n) is 4.20. The van der Waals surface area contributed by atoms with E-state index >= 15 is 0 Å². The Kier molecular flexibility index (Phi) is 8.34. The van der Waals surface area contributed by atoms with Crippen molar-refractivity contribution >= 4 is 50.3 Å². The van der Waals surface area contributed by atoms with Crippen molar-refractivity contribution < 1.29 is 22.4 Å². The molecule has 1 aliphatic carbocycles. The van der Waals surface area contributed by atoms with Gasteiger partial charge in [-0.15, -0.1) is 0 Å². The zero-order valence-corrected chi connectivity index (χ0v) is 22.0. The lowest BCUT2D eigenvalue weighted by atomic mass is 9.94. The van der Waals surface area contributed by atoms with Crippen LogP contribution in [0.5, 0.6) is 0 Å². The number of nitrogens with zero attached hydrogens (tertiary/aromatic N) is 3. The van der Waals surface area contributed by atoms with E-state index < -0.39 is 40.4 Å². The van der Waals surface area contributed by atoms with Crippen molar-refractivity contribution in [3.05, 3.63) is 57.7 Å². The third kappa shape index (κ3) is 6.54. The monoisotopic (exact) mass is 615 g/mol. The van der Waals surface area contributed by atoms with E-state index in [4.69, 9.17) is 0 Å². The number of pyridine rings is 1. The van der Waals surface area contributed by atoms with Crippen LogP contribution in [-0.2, 0) is 19.8 Å². The van der Waals surface area contributed by atoms with E-state index in [2.05, 4.69) is 37.6 Å². The molecule has 1 atom stereocenters. The molecule has 1 aromatic carbocycles. The van der Waals surface area contributed by atoms with Crippen LogP contribution in [-0.4, -0.2) is 55.2 Å². The van der Waals surface area contributed by atoms with Crippen molar-refractivity contribution in [2.24, 2.45) is 0 Å². The number of nitrogens with one attached hydrogen (secondary N) is 2. The molecule has 2 heterocycles. The summed E-state index contributed by atoms with van der Waals surface area (Å²) in [7, 11) is -3.80. The number of benzene rings is 1. The van der Waals surface area contributed by atoms with Crippen LogP contribution in [0.1, 0.15) is 43.7 Å². The number of anilines is 1. The Bertz CT molecular complexity index is 1190. The summed E-state index contributed by atoms with van der Waals surface area (Å²) in [5, 5.41) is 3.07. The zero-order valence-electron chi connectivity index (χ0n) is 19.0. The van der Waals surface area contributed by atoms with Gasteiger partial charge in [-0.2, -0.15) is 17.4 Å². The molecule has 2 aromatic rings. The van der Waals surface area contributed by atoms with Gasteiger partial charge in [0.1, 0.15) is 11.9 Å². The largest absolute Gasteiger partial charge is 0.351 e. The first kappa shape index (κ1) is 25.9. The second-order valence-corrected chi connectivity index (χ2v) is 11.5. The Labute approximate surface area is 217 Å². The van der Waals surface area contributed by atoms with Crippen LogP contribution in [0.25, 0.3) is 0 Å². The summed E-state index contributed by atoms with van der Waals surface area (Å²) in [6, 6.07) is 7.06. The Morgan fingerprint density at radius 2 is 1.89 bits per heavy atom. The molecule has 2 aliphatic rings. The highest BCUT2D eigenvalue weighted by Gasteiger charge is 2.37. The molecule has 0 unspecified atom stereocenters. The first-order valence-corrected chi connectivity index (χ1v) is 14.0. The summed E-state index contributed by atoms with van der Waals surface area (Å²) >= 11 is 2.09. The van der Waals surface area contributed by atoms with Gasteiger partial charge in [-0.05, 0) is 47.1 Å². The minimum Gasteiger partial charge on any atom is -0.351 e. The Morgan fingerprint density at radius 3 is 2.54 bits per heavy atom. The molecule has 1 saturated heterocycles. The van der Waals surface area contributed by atoms with Gasteiger partial charge in [0.25, 0.3) is 10.2 Å². The van der Waals surface area contributed by atoms with Gasteiger partial charge in [-0.25, -0.2) is 4.39 Å². The van der Waals surface area contributed by atoms with Crippen LogP contribution in [0.4, 0.5) is 10.1 Å². The highest BCUT2D eigenvalue weighted by molar-refractivity contribution is 14.1. The first-order valence-electron chi connectivity index (χ1n) is 11.5. The van der Waals surface area contributed by atoms with Crippen molar-refractivity contribution in [1.82, 2.24) is 19.3 Å². The molecule has 2 amide bonds. The van der Waals surface area contributed by atoms with Crippen molar-refractivity contribution in [2.45, 2.75) is 44.2 Å². The summed E-state index contributed by atoms with van der Waals surface area (Å²) < 4.78 is 43.0. The van der Waals surface area contributed by atoms with Gasteiger partial charge < -0.3 is 5.32 Å². The second kappa shape index (κ2) is 11.3. The number of halogens is 2. The topological polar surface area (TPSA) is 111 Å². The molecule has 1 aliphatic heterocycles. The van der Waals surface area contributed by atoms with E-state index in [0.29, 0.717) is 18.7 Å². The van der Waals surface area contributed by atoms with Crippen molar-refractivity contribution in [1.29, 1.82) is 0 Å². The number of rotatable bonds is 9. The maximum absolute atomic E-state index is 14.2. The lowest BCUT2D eigenvalue weighted by Crippen LogP contribution is -2.50. The molecule has 188 valence electrons. The smallest absolute Gasteiger partial charge is 0.280 e. The average Bonchev–Trinajstić information content (AvgIpc) is 3.69. The number of hydrogen-bond acceptors (Lipinski definition) is 5. The summed E-state index contributed by atoms with van der Waals surface area (Å²) in [5.41, 5.74) is 0.609. The minimum atomic E-state index is -3.80.